The van der Waals surface area contributed by atoms with Crippen molar-refractivity contribution >= 4 is 33.8 Å². The van der Waals surface area contributed by atoms with E-state index in [9.17, 15) is 4.79 Å². The normalized spacial score (nSPS) is 9.65. The van der Waals surface area contributed by atoms with E-state index in [1.54, 1.807) is 18.2 Å². The maximum absolute atomic E-state index is 11.8. The molecule has 0 saturated heterocycles. The fourth-order valence-corrected chi connectivity index (χ4v) is 2.12. The Hall–Kier alpha value is -1.90. The van der Waals surface area contributed by atoms with Gasteiger partial charge in [0.15, 0.2) is 0 Å². The molecule has 4 nitrogen and oxygen atoms in total. The van der Waals surface area contributed by atoms with Crippen LogP contribution >= 0.6 is 22.9 Å². The van der Waals surface area contributed by atoms with Crippen molar-refractivity contribution in [2.75, 3.05) is 5.32 Å². The van der Waals surface area contributed by atoms with Crippen LogP contribution in [0.1, 0.15) is 16.1 Å². The standard InChI is InChI=1S/C11H6ClN3OS/c12-9-1-2-10(17-9)15-11(16)8-5-7(6-13)3-4-14-8/h1-5H,(H,15,16). The molecule has 0 atom stereocenters. The van der Waals surface area contributed by atoms with Gasteiger partial charge in [-0.1, -0.05) is 11.6 Å². The minimum absolute atomic E-state index is 0.202. The average Bonchev–Trinajstić information content (AvgIpc) is 2.75. The van der Waals surface area contributed by atoms with Gasteiger partial charge in [0.2, 0.25) is 0 Å². The topological polar surface area (TPSA) is 65.8 Å². The van der Waals surface area contributed by atoms with Crippen LogP contribution in [0.25, 0.3) is 0 Å². The number of nitrogens with one attached hydrogen (secondary N) is 1. The zero-order valence-corrected chi connectivity index (χ0v) is 10.0. The summed E-state index contributed by atoms with van der Waals surface area (Å²) >= 11 is 7.01. The summed E-state index contributed by atoms with van der Waals surface area (Å²) in [5, 5.41) is 12.0. The molecule has 84 valence electrons. The van der Waals surface area contributed by atoms with Gasteiger partial charge in [-0.15, -0.1) is 11.3 Å². The van der Waals surface area contributed by atoms with Gasteiger partial charge in [0, 0.05) is 6.20 Å². The van der Waals surface area contributed by atoms with Gasteiger partial charge >= 0.3 is 0 Å². The average molecular weight is 264 g/mol. The smallest absolute Gasteiger partial charge is 0.274 e. The Morgan fingerprint density at radius 3 is 2.94 bits per heavy atom. The highest BCUT2D eigenvalue weighted by atomic mass is 35.5. The largest absolute Gasteiger partial charge is 0.312 e. The van der Waals surface area contributed by atoms with E-state index in [0.717, 1.165) is 0 Å². The number of thiophene rings is 1. The number of halogens is 1. The van der Waals surface area contributed by atoms with E-state index >= 15 is 0 Å². The zero-order chi connectivity index (χ0) is 12.3. The number of amides is 1. The van der Waals surface area contributed by atoms with Crippen molar-refractivity contribution < 1.29 is 4.79 Å². The maximum atomic E-state index is 11.8. The lowest BCUT2D eigenvalue weighted by Gasteiger charge is -2.01. The van der Waals surface area contributed by atoms with Crippen LogP contribution in [-0.2, 0) is 0 Å². The van der Waals surface area contributed by atoms with Crippen molar-refractivity contribution in [2.24, 2.45) is 0 Å². The Labute approximate surface area is 106 Å². The van der Waals surface area contributed by atoms with Crippen molar-refractivity contribution in [3.63, 3.8) is 0 Å². The minimum atomic E-state index is -0.361. The number of nitrogens with zero attached hydrogens (tertiary/aromatic N) is 2. The van der Waals surface area contributed by atoms with Crippen LogP contribution < -0.4 is 5.32 Å². The van der Waals surface area contributed by atoms with Gasteiger partial charge in [0.25, 0.3) is 5.91 Å². The van der Waals surface area contributed by atoms with Crippen LogP contribution in [0.4, 0.5) is 5.00 Å². The molecule has 0 fully saturated rings. The highest BCUT2D eigenvalue weighted by Gasteiger charge is 2.09. The number of pyridine rings is 1. The molecule has 0 saturated carbocycles. The molecular weight excluding hydrogens is 258 g/mol. The predicted octanol–water partition coefficient (Wildman–Crippen LogP) is 2.92. The first-order chi connectivity index (χ1) is 8.19. The van der Waals surface area contributed by atoms with Gasteiger partial charge in [-0.3, -0.25) is 9.78 Å². The van der Waals surface area contributed by atoms with E-state index in [-0.39, 0.29) is 11.6 Å². The number of hydrogen-bond acceptors (Lipinski definition) is 4. The molecule has 0 aromatic carbocycles. The van der Waals surface area contributed by atoms with E-state index < -0.39 is 0 Å². The Morgan fingerprint density at radius 2 is 2.29 bits per heavy atom. The monoisotopic (exact) mass is 263 g/mol. The first-order valence-electron chi connectivity index (χ1n) is 4.62. The third kappa shape index (κ3) is 2.81. The molecule has 0 aliphatic rings. The number of rotatable bonds is 2. The summed E-state index contributed by atoms with van der Waals surface area (Å²) in [6, 6.07) is 8.33. The van der Waals surface area contributed by atoms with Crippen molar-refractivity contribution in [1.82, 2.24) is 4.98 Å². The highest BCUT2D eigenvalue weighted by molar-refractivity contribution is 7.20. The van der Waals surface area contributed by atoms with E-state index in [0.29, 0.717) is 14.9 Å². The second kappa shape index (κ2) is 4.95. The number of hydrogen-bond donors (Lipinski definition) is 1. The molecular formula is C11H6ClN3OS. The Morgan fingerprint density at radius 1 is 1.47 bits per heavy atom. The molecule has 2 rings (SSSR count). The lowest BCUT2D eigenvalue weighted by Crippen LogP contribution is -2.12. The van der Waals surface area contributed by atoms with E-state index in [1.165, 1.54) is 23.6 Å². The molecule has 17 heavy (non-hydrogen) atoms. The Kier molecular flexibility index (Phi) is 3.38. The summed E-state index contributed by atoms with van der Waals surface area (Å²) in [7, 11) is 0. The molecule has 2 heterocycles. The first kappa shape index (κ1) is 11.6. The van der Waals surface area contributed by atoms with Gasteiger partial charge < -0.3 is 5.32 Å². The van der Waals surface area contributed by atoms with Gasteiger partial charge in [-0.05, 0) is 24.3 Å². The molecule has 0 aliphatic carbocycles. The summed E-state index contributed by atoms with van der Waals surface area (Å²) in [6.07, 6.45) is 1.43. The second-order valence-corrected chi connectivity index (χ2v) is 4.81. The van der Waals surface area contributed by atoms with Crippen molar-refractivity contribution in [3.05, 3.63) is 46.1 Å². The number of anilines is 1. The third-order valence-corrected chi connectivity index (χ3v) is 3.08. The SMILES string of the molecule is N#Cc1ccnc(C(=O)Nc2ccc(Cl)s2)c1. The third-order valence-electron chi connectivity index (χ3n) is 1.93. The maximum Gasteiger partial charge on any atom is 0.274 e. The van der Waals surface area contributed by atoms with E-state index in [2.05, 4.69) is 10.3 Å². The van der Waals surface area contributed by atoms with Gasteiger partial charge in [0.05, 0.1) is 21.0 Å². The summed E-state index contributed by atoms with van der Waals surface area (Å²) in [5.41, 5.74) is 0.600. The number of carbonyl (C=O) groups excluding carboxylic acids is 1. The first-order valence-corrected chi connectivity index (χ1v) is 5.81. The van der Waals surface area contributed by atoms with Crippen molar-refractivity contribution in [3.8, 4) is 6.07 Å². The molecule has 6 heteroatoms. The fraction of sp³-hybridized carbons (Fsp3) is 0. The van der Waals surface area contributed by atoms with Crippen LogP contribution in [0.3, 0.4) is 0 Å². The van der Waals surface area contributed by atoms with Crippen molar-refractivity contribution in [1.29, 1.82) is 5.26 Å². The highest BCUT2D eigenvalue weighted by Crippen LogP contribution is 2.26. The van der Waals surface area contributed by atoms with Gasteiger partial charge in [-0.2, -0.15) is 5.26 Å². The lowest BCUT2D eigenvalue weighted by molar-refractivity contribution is 0.102. The number of carbonyl (C=O) groups is 1. The molecule has 0 unspecified atom stereocenters. The van der Waals surface area contributed by atoms with Crippen LogP contribution in [0.15, 0.2) is 30.5 Å². The van der Waals surface area contributed by atoms with Crippen LogP contribution in [0.2, 0.25) is 4.34 Å². The molecule has 0 spiro atoms. The van der Waals surface area contributed by atoms with Gasteiger partial charge in [0.1, 0.15) is 5.69 Å². The van der Waals surface area contributed by atoms with E-state index in [1.807, 2.05) is 6.07 Å². The van der Waals surface area contributed by atoms with Crippen LogP contribution in [0.5, 0.6) is 0 Å². The summed E-state index contributed by atoms with van der Waals surface area (Å²) in [5.74, 6) is -0.361. The summed E-state index contributed by atoms with van der Waals surface area (Å²) < 4.78 is 0.596. The predicted molar refractivity (Wildman–Crippen MR) is 66.2 cm³/mol. The molecule has 0 bridgehead atoms. The molecule has 1 amide bonds. The van der Waals surface area contributed by atoms with Crippen LogP contribution in [0, 0.1) is 11.3 Å². The van der Waals surface area contributed by atoms with E-state index in [4.69, 9.17) is 16.9 Å². The quantitative estimate of drug-likeness (QED) is 0.906. The molecule has 0 radical (unpaired) electrons. The second-order valence-electron chi connectivity index (χ2n) is 3.10. The Bertz CT molecular complexity index is 603. The molecule has 2 aromatic rings. The summed E-state index contributed by atoms with van der Waals surface area (Å²) in [4.78, 5) is 15.7. The number of aromatic nitrogens is 1. The minimum Gasteiger partial charge on any atom is -0.312 e. The summed E-state index contributed by atoms with van der Waals surface area (Å²) in [6.45, 7) is 0. The lowest BCUT2D eigenvalue weighted by atomic mass is 10.2. The zero-order valence-electron chi connectivity index (χ0n) is 8.48. The molecule has 0 aliphatic heterocycles. The van der Waals surface area contributed by atoms with Gasteiger partial charge in [-0.25, -0.2) is 0 Å². The molecule has 1 N–H and O–H groups in total. The molecule has 2 aromatic heterocycles. The Balaban J connectivity index is 2.17. The van der Waals surface area contributed by atoms with Crippen LogP contribution in [-0.4, -0.2) is 10.9 Å². The van der Waals surface area contributed by atoms with Crippen molar-refractivity contribution in [2.45, 2.75) is 0 Å². The number of nitriles is 1. The fourth-order valence-electron chi connectivity index (χ4n) is 1.18.